The van der Waals surface area contributed by atoms with Gasteiger partial charge < -0.3 is 19.1 Å². The zero-order chi connectivity index (χ0) is 32.1. The number of benzene rings is 2. The van der Waals surface area contributed by atoms with E-state index in [1.54, 1.807) is 23.5 Å². The van der Waals surface area contributed by atoms with Crippen molar-refractivity contribution < 1.29 is 28.6 Å². The van der Waals surface area contributed by atoms with Gasteiger partial charge in [-0.25, -0.2) is 9.48 Å². The Bertz CT molecular complexity index is 1710. The minimum atomic E-state index is -0.623. The van der Waals surface area contributed by atoms with Gasteiger partial charge in [-0.2, -0.15) is 10.2 Å². The zero-order valence-corrected chi connectivity index (χ0v) is 28.9. The summed E-state index contributed by atoms with van der Waals surface area (Å²) in [5.41, 5.74) is 0.402. The molecule has 2 saturated heterocycles. The highest BCUT2D eigenvalue weighted by atomic mass is 79.9. The molecule has 2 fully saturated rings. The molecule has 0 radical (unpaired) electrons. The monoisotopic (exact) mass is 698 g/mol. The first kappa shape index (κ1) is 31.8. The molecule has 4 aromatic rings. The number of carbonyl (C=O) groups is 2. The Morgan fingerprint density at radius 2 is 1.73 bits per heavy atom. The number of amides is 2. The van der Waals surface area contributed by atoms with Crippen molar-refractivity contribution >= 4 is 65.9 Å². The van der Waals surface area contributed by atoms with Gasteiger partial charge in [0.1, 0.15) is 15.1 Å². The Hall–Kier alpha value is -3.19. The van der Waals surface area contributed by atoms with E-state index in [2.05, 4.69) is 33.2 Å². The molecule has 45 heavy (non-hydrogen) atoms. The van der Waals surface area contributed by atoms with Crippen molar-refractivity contribution in [1.29, 1.82) is 0 Å². The van der Waals surface area contributed by atoms with Crippen LogP contribution in [0.1, 0.15) is 67.0 Å². The highest BCUT2D eigenvalue weighted by Crippen LogP contribution is 2.47. The van der Waals surface area contributed by atoms with Gasteiger partial charge in [0.25, 0.3) is 5.91 Å². The molecule has 0 saturated carbocycles. The fraction of sp³-hybridized carbons (Fsp3) is 0.485. The topological polar surface area (TPSA) is 95.4 Å². The van der Waals surface area contributed by atoms with Crippen molar-refractivity contribution in [3.63, 3.8) is 0 Å². The Balaban J connectivity index is 1.19. The molecule has 6 rings (SSSR count). The SMILES string of the molecule is CC(C)(C)OC(=O)N1CC(C(=O)N(OC(C)(C)C)c2ccc(Oc3c(Br)sc4c3ccc3c4cnn3C3CCCCO3)cc2)C1. The van der Waals surface area contributed by atoms with E-state index in [9.17, 15) is 9.59 Å². The minimum Gasteiger partial charge on any atom is -0.455 e. The van der Waals surface area contributed by atoms with Gasteiger partial charge in [0.15, 0.2) is 12.0 Å². The lowest BCUT2D eigenvalue weighted by Crippen LogP contribution is -2.58. The fourth-order valence-electron chi connectivity index (χ4n) is 5.41. The largest absolute Gasteiger partial charge is 0.455 e. The minimum absolute atomic E-state index is 0.0340. The van der Waals surface area contributed by atoms with Gasteiger partial charge >= 0.3 is 6.09 Å². The van der Waals surface area contributed by atoms with Crippen LogP contribution in [0.4, 0.5) is 10.5 Å². The molecule has 1 atom stereocenters. The van der Waals surface area contributed by atoms with Gasteiger partial charge in [0.2, 0.25) is 0 Å². The standard InChI is InChI=1S/C33H39BrN4O6S/c1-32(2,3)43-31(40)36-18-20(19-36)30(39)38(44-33(4,5)6)21-10-12-22(13-11-21)42-27-23-14-15-25-24(28(23)45-29(27)34)17-35-37(25)26-9-7-8-16-41-26/h10-15,17,20,26H,7-9,16,18-19H2,1-6H3. The first-order valence-electron chi connectivity index (χ1n) is 15.3. The summed E-state index contributed by atoms with van der Waals surface area (Å²) < 4.78 is 21.8. The number of halogens is 1. The molecule has 12 heteroatoms. The average molecular weight is 700 g/mol. The van der Waals surface area contributed by atoms with Crippen molar-refractivity contribution in [3.8, 4) is 11.5 Å². The molecule has 2 aromatic carbocycles. The van der Waals surface area contributed by atoms with Crippen molar-refractivity contribution in [1.82, 2.24) is 14.7 Å². The third kappa shape index (κ3) is 6.84. The molecule has 240 valence electrons. The molecule has 10 nitrogen and oxygen atoms in total. The van der Waals surface area contributed by atoms with Crippen LogP contribution in [0.2, 0.25) is 0 Å². The summed E-state index contributed by atoms with van der Waals surface area (Å²) >= 11 is 5.33. The number of hydrogen-bond acceptors (Lipinski definition) is 8. The number of likely N-dealkylation sites (tertiary alicyclic amines) is 1. The highest BCUT2D eigenvalue weighted by molar-refractivity contribution is 9.11. The van der Waals surface area contributed by atoms with Crippen LogP contribution in [0, 0.1) is 5.92 Å². The molecule has 0 aliphatic carbocycles. The van der Waals surface area contributed by atoms with E-state index >= 15 is 0 Å². The van der Waals surface area contributed by atoms with Crippen LogP contribution in [-0.4, -0.2) is 57.6 Å². The second-order valence-electron chi connectivity index (χ2n) is 13.5. The number of ether oxygens (including phenoxy) is 3. The fourth-order valence-corrected chi connectivity index (χ4v) is 7.15. The zero-order valence-electron chi connectivity index (χ0n) is 26.5. The van der Waals surface area contributed by atoms with Crippen LogP contribution in [0.5, 0.6) is 11.5 Å². The van der Waals surface area contributed by atoms with Gasteiger partial charge in [-0.15, -0.1) is 11.3 Å². The number of carbonyl (C=O) groups excluding carboxylic acids is 2. The molecule has 0 bridgehead atoms. The number of thiophene rings is 1. The molecule has 2 aromatic heterocycles. The predicted molar refractivity (Wildman–Crippen MR) is 178 cm³/mol. The molecule has 0 spiro atoms. The summed E-state index contributed by atoms with van der Waals surface area (Å²) in [7, 11) is 0. The Morgan fingerprint density at radius 3 is 2.38 bits per heavy atom. The van der Waals surface area contributed by atoms with Crippen molar-refractivity contribution in [3.05, 3.63) is 46.4 Å². The number of hydroxylamine groups is 1. The normalized spacial score (nSPS) is 17.8. The van der Waals surface area contributed by atoms with E-state index in [1.807, 2.05) is 64.6 Å². The number of fused-ring (bicyclic) bond motifs is 3. The van der Waals surface area contributed by atoms with Crippen molar-refractivity contribution in [2.45, 2.75) is 78.2 Å². The molecular weight excluding hydrogens is 660 g/mol. The van der Waals surface area contributed by atoms with Crippen LogP contribution in [0.25, 0.3) is 21.0 Å². The summed E-state index contributed by atoms with van der Waals surface area (Å²) in [5, 5.41) is 8.06. The molecule has 2 amide bonds. The molecule has 2 aliphatic heterocycles. The van der Waals surface area contributed by atoms with E-state index < -0.39 is 23.2 Å². The van der Waals surface area contributed by atoms with Crippen molar-refractivity contribution in [2.24, 2.45) is 5.92 Å². The van der Waals surface area contributed by atoms with Gasteiger partial charge in [0, 0.05) is 30.5 Å². The number of anilines is 1. The predicted octanol–water partition coefficient (Wildman–Crippen LogP) is 8.43. The average Bonchev–Trinajstić information content (AvgIpc) is 3.51. The molecule has 0 N–H and O–H groups in total. The molecule has 4 heterocycles. The molecular formula is C33H39BrN4O6S. The number of nitrogens with zero attached hydrogens (tertiary/aromatic N) is 4. The second kappa shape index (κ2) is 12.2. The smallest absolute Gasteiger partial charge is 0.410 e. The lowest BCUT2D eigenvalue weighted by atomic mass is 9.99. The van der Waals surface area contributed by atoms with Crippen LogP contribution < -0.4 is 9.80 Å². The van der Waals surface area contributed by atoms with Crippen molar-refractivity contribution in [2.75, 3.05) is 24.8 Å². The van der Waals surface area contributed by atoms with E-state index in [0.29, 0.717) is 11.4 Å². The number of hydrogen-bond donors (Lipinski definition) is 0. The van der Waals surface area contributed by atoms with Gasteiger partial charge in [-0.3, -0.25) is 9.63 Å². The number of aromatic nitrogens is 2. The first-order chi connectivity index (χ1) is 21.3. The van der Waals surface area contributed by atoms with Gasteiger partial charge in [-0.1, -0.05) is 0 Å². The Morgan fingerprint density at radius 1 is 1.00 bits per heavy atom. The lowest BCUT2D eigenvalue weighted by Gasteiger charge is -2.41. The van der Waals surface area contributed by atoms with E-state index in [0.717, 1.165) is 56.4 Å². The van der Waals surface area contributed by atoms with Gasteiger partial charge in [0.05, 0.1) is 33.6 Å². The summed E-state index contributed by atoms with van der Waals surface area (Å²) in [6, 6.07) is 11.4. The maximum absolute atomic E-state index is 13.6. The summed E-state index contributed by atoms with van der Waals surface area (Å²) in [5.74, 6) is 0.735. The van der Waals surface area contributed by atoms with Gasteiger partial charge in [-0.05, 0) is 113 Å². The van der Waals surface area contributed by atoms with Crippen LogP contribution >= 0.6 is 27.3 Å². The summed E-state index contributed by atoms with van der Waals surface area (Å²) in [6.07, 6.45) is 4.64. The molecule has 1 unspecified atom stereocenters. The highest BCUT2D eigenvalue weighted by Gasteiger charge is 2.41. The van der Waals surface area contributed by atoms with Crippen LogP contribution in [0.3, 0.4) is 0 Å². The summed E-state index contributed by atoms with van der Waals surface area (Å²) in [6.45, 7) is 12.4. The van der Waals surface area contributed by atoms with Crippen LogP contribution in [-0.2, 0) is 19.1 Å². The first-order valence-corrected chi connectivity index (χ1v) is 16.9. The Labute approximate surface area is 275 Å². The maximum Gasteiger partial charge on any atom is 0.410 e. The lowest BCUT2D eigenvalue weighted by molar-refractivity contribution is -0.141. The molecule has 2 aliphatic rings. The Kier molecular flexibility index (Phi) is 8.62. The number of rotatable bonds is 6. The quantitative estimate of drug-likeness (QED) is 0.187. The van der Waals surface area contributed by atoms with E-state index in [-0.39, 0.29) is 25.2 Å². The van der Waals surface area contributed by atoms with Crippen LogP contribution in [0.15, 0.2) is 46.4 Å². The second-order valence-corrected chi connectivity index (χ2v) is 15.8. The third-order valence-electron chi connectivity index (χ3n) is 7.51. The van der Waals surface area contributed by atoms with E-state index in [1.165, 1.54) is 9.96 Å². The third-order valence-corrected chi connectivity index (χ3v) is 9.37. The summed E-state index contributed by atoms with van der Waals surface area (Å²) in [4.78, 5) is 33.6. The maximum atomic E-state index is 13.6. The van der Waals surface area contributed by atoms with E-state index in [4.69, 9.17) is 19.0 Å².